The van der Waals surface area contributed by atoms with Gasteiger partial charge in [-0.25, -0.2) is 0 Å². The van der Waals surface area contributed by atoms with Crippen LogP contribution in [0.25, 0.3) is 0 Å². The number of hydrogen-bond donors (Lipinski definition) is 1. The van der Waals surface area contributed by atoms with Crippen LogP contribution in [-0.4, -0.2) is 49.4 Å². The third kappa shape index (κ3) is 4.73. The molecule has 9 heteroatoms. The summed E-state index contributed by atoms with van der Waals surface area (Å²) in [7, 11) is 0. The van der Waals surface area contributed by atoms with Gasteiger partial charge < -0.3 is 15.1 Å². The lowest BCUT2D eigenvalue weighted by Gasteiger charge is -2.37. The molecule has 1 N–H and O–H groups in total. The summed E-state index contributed by atoms with van der Waals surface area (Å²) in [6, 6.07) is 5.37. The van der Waals surface area contributed by atoms with E-state index in [0.29, 0.717) is 38.4 Å². The van der Waals surface area contributed by atoms with E-state index in [1.54, 1.807) is 6.07 Å². The highest BCUT2D eigenvalue weighted by molar-refractivity contribution is 5.85. The molecular weight excluding hydrogens is 445 g/mol. The molecule has 2 saturated heterocycles. The normalized spacial score (nSPS) is 24.6. The van der Waals surface area contributed by atoms with E-state index < -0.39 is 17.3 Å². The first-order chi connectivity index (χ1) is 16.1. The maximum atomic E-state index is 13.5. The molecule has 1 saturated carbocycles. The molecule has 184 valence electrons. The number of nitrogens with one attached hydrogen (secondary N) is 1. The van der Waals surface area contributed by atoms with Crippen LogP contribution in [0.5, 0.6) is 0 Å². The van der Waals surface area contributed by atoms with Crippen LogP contribution in [0.4, 0.5) is 18.9 Å². The predicted molar refractivity (Wildman–Crippen MR) is 121 cm³/mol. The van der Waals surface area contributed by atoms with Crippen molar-refractivity contribution < 1.29 is 22.8 Å². The molecule has 3 aliphatic rings. The van der Waals surface area contributed by atoms with Gasteiger partial charge in [0.05, 0.1) is 23.1 Å². The minimum Gasteiger partial charge on any atom is -0.370 e. The van der Waals surface area contributed by atoms with Crippen molar-refractivity contribution in [2.24, 2.45) is 23.2 Å². The number of nitrogens with zero attached hydrogens (tertiary/aromatic N) is 3. The molecule has 2 atom stereocenters. The summed E-state index contributed by atoms with van der Waals surface area (Å²) in [6.45, 7) is 6.47. The van der Waals surface area contributed by atoms with Crippen molar-refractivity contribution in [1.82, 2.24) is 10.2 Å². The number of likely N-dealkylation sites (tertiary alicyclic amines) is 1. The molecule has 0 bridgehead atoms. The number of alkyl halides is 3. The molecule has 0 spiro atoms. The average Bonchev–Trinajstić information content (AvgIpc) is 3.41. The summed E-state index contributed by atoms with van der Waals surface area (Å²) in [5.41, 5.74) is -1.19. The smallest absolute Gasteiger partial charge is 0.370 e. The Hall–Kier alpha value is -2.76. The molecule has 0 aromatic heterocycles. The van der Waals surface area contributed by atoms with E-state index in [0.717, 1.165) is 31.7 Å². The Balaban J connectivity index is 1.52. The van der Waals surface area contributed by atoms with E-state index in [4.69, 9.17) is 5.26 Å². The summed E-state index contributed by atoms with van der Waals surface area (Å²) >= 11 is 0. The maximum absolute atomic E-state index is 13.5. The van der Waals surface area contributed by atoms with E-state index in [1.807, 2.05) is 23.6 Å². The fraction of sp³-hybridized carbons (Fsp3) is 0.640. The van der Waals surface area contributed by atoms with Crippen LogP contribution in [0.2, 0.25) is 0 Å². The van der Waals surface area contributed by atoms with Gasteiger partial charge in [-0.15, -0.1) is 0 Å². The minimum atomic E-state index is -4.63. The molecule has 3 fully saturated rings. The fourth-order valence-corrected chi connectivity index (χ4v) is 5.47. The van der Waals surface area contributed by atoms with Gasteiger partial charge in [-0.2, -0.15) is 18.4 Å². The van der Waals surface area contributed by atoms with Crippen LogP contribution in [0.3, 0.4) is 0 Å². The first kappa shape index (κ1) is 24.4. The van der Waals surface area contributed by atoms with E-state index >= 15 is 0 Å². The molecule has 34 heavy (non-hydrogen) atoms. The Kier molecular flexibility index (Phi) is 6.54. The number of piperidine rings is 1. The molecule has 2 heterocycles. The van der Waals surface area contributed by atoms with E-state index in [2.05, 4.69) is 5.32 Å². The number of carbonyl (C=O) groups excluding carboxylic acids is 2. The van der Waals surface area contributed by atoms with Gasteiger partial charge in [-0.3, -0.25) is 9.59 Å². The van der Waals surface area contributed by atoms with Gasteiger partial charge in [-0.05, 0) is 62.6 Å². The van der Waals surface area contributed by atoms with Gasteiger partial charge in [0.1, 0.15) is 0 Å². The van der Waals surface area contributed by atoms with Crippen molar-refractivity contribution >= 4 is 17.5 Å². The van der Waals surface area contributed by atoms with Crippen LogP contribution in [0.1, 0.15) is 50.7 Å². The van der Waals surface area contributed by atoms with Gasteiger partial charge in [0.2, 0.25) is 11.8 Å². The van der Waals surface area contributed by atoms with Gasteiger partial charge >= 0.3 is 6.18 Å². The molecule has 0 unspecified atom stereocenters. The van der Waals surface area contributed by atoms with Crippen LogP contribution in [0, 0.1) is 34.5 Å². The van der Waals surface area contributed by atoms with Crippen molar-refractivity contribution in [2.45, 2.75) is 45.7 Å². The average molecular weight is 477 g/mol. The monoisotopic (exact) mass is 476 g/mol. The molecule has 0 radical (unpaired) electrons. The molecule has 1 aromatic carbocycles. The summed E-state index contributed by atoms with van der Waals surface area (Å²) < 4.78 is 40.5. The Labute approximate surface area is 198 Å². The summed E-state index contributed by atoms with van der Waals surface area (Å²) in [6.07, 6.45) is -1.17. The highest BCUT2D eigenvalue weighted by Crippen LogP contribution is 2.47. The zero-order chi connectivity index (χ0) is 24.7. The lowest BCUT2D eigenvalue weighted by Crippen LogP contribution is -2.45. The van der Waals surface area contributed by atoms with Crippen LogP contribution in [-0.2, 0) is 15.8 Å². The number of rotatable bonds is 5. The molecule has 1 aliphatic carbocycles. The fourth-order valence-electron chi connectivity index (χ4n) is 5.47. The number of benzene rings is 1. The standard InChI is InChI=1S/C25H31F3N4O2/c1-3-30-22(33)20-15-32(18-5-4-17(13-29)21(12-18)25(26,27)28)14-19(20)16-6-10-31(11-7-16)23(34)24(2)8-9-24/h4-5,12,16,19-20H,3,6-11,14-15H2,1-2H3,(H,30,33)/t19-,20+/m0/s1. The summed E-state index contributed by atoms with van der Waals surface area (Å²) in [4.78, 5) is 29.4. The topological polar surface area (TPSA) is 76.4 Å². The predicted octanol–water partition coefficient (Wildman–Crippen LogP) is 3.80. The van der Waals surface area contributed by atoms with E-state index in [-0.39, 0.29) is 35.0 Å². The number of halogens is 3. The third-order valence-corrected chi connectivity index (χ3v) is 7.80. The minimum absolute atomic E-state index is 0.00899. The largest absolute Gasteiger partial charge is 0.417 e. The lowest BCUT2D eigenvalue weighted by atomic mass is 9.78. The van der Waals surface area contributed by atoms with Gasteiger partial charge in [0.25, 0.3) is 0 Å². The molecular formula is C25H31F3N4O2. The number of hydrogen-bond acceptors (Lipinski definition) is 4. The number of carbonyl (C=O) groups is 2. The summed E-state index contributed by atoms with van der Waals surface area (Å²) in [5, 5.41) is 12.0. The Morgan fingerprint density at radius 3 is 2.44 bits per heavy atom. The second-order valence-electron chi connectivity index (χ2n) is 10.1. The zero-order valence-electron chi connectivity index (χ0n) is 19.6. The van der Waals surface area contributed by atoms with Gasteiger partial charge in [0, 0.05) is 43.8 Å². The highest BCUT2D eigenvalue weighted by Gasteiger charge is 2.49. The third-order valence-electron chi connectivity index (χ3n) is 7.80. The second kappa shape index (κ2) is 9.12. The molecule has 6 nitrogen and oxygen atoms in total. The highest BCUT2D eigenvalue weighted by atomic mass is 19.4. The van der Waals surface area contributed by atoms with Crippen LogP contribution in [0.15, 0.2) is 18.2 Å². The molecule has 2 aliphatic heterocycles. The zero-order valence-corrected chi connectivity index (χ0v) is 19.6. The van der Waals surface area contributed by atoms with Crippen molar-refractivity contribution in [3.63, 3.8) is 0 Å². The summed E-state index contributed by atoms with van der Waals surface area (Å²) in [5.74, 6) is 0.0118. The van der Waals surface area contributed by atoms with Crippen molar-refractivity contribution in [3.8, 4) is 6.07 Å². The van der Waals surface area contributed by atoms with Crippen LogP contribution < -0.4 is 10.2 Å². The van der Waals surface area contributed by atoms with Crippen molar-refractivity contribution in [1.29, 1.82) is 5.26 Å². The quantitative estimate of drug-likeness (QED) is 0.701. The Morgan fingerprint density at radius 2 is 1.88 bits per heavy atom. The Morgan fingerprint density at radius 1 is 1.21 bits per heavy atom. The van der Waals surface area contributed by atoms with Gasteiger partial charge in [0.15, 0.2) is 0 Å². The number of nitriles is 1. The first-order valence-electron chi connectivity index (χ1n) is 12.0. The van der Waals surface area contributed by atoms with E-state index in [1.165, 1.54) is 12.1 Å². The SMILES string of the molecule is CCNC(=O)[C@@H]1CN(c2ccc(C#N)c(C(F)(F)F)c2)C[C@H]1C1CCN(C(=O)C2(C)CC2)CC1. The number of anilines is 1. The Bertz CT molecular complexity index is 991. The van der Waals surface area contributed by atoms with Gasteiger partial charge in [-0.1, -0.05) is 6.92 Å². The molecule has 1 aromatic rings. The molecule has 2 amide bonds. The second-order valence-corrected chi connectivity index (χ2v) is 10.1. The lowest BCUT2D eigenvalue weighted by molar-refractivity contribution is -0.138. The number of amides is 2. The van der Waals surface area contributed by atoms with E-state index in [9.17, 15) is 22.8 Å². The van der Waals surface area contributed by atoms with Crippen molar-refractivity contribution in [3.05, 3.63) is 29.3 Å². The molecule has 4 rings (SSSR count). The maximum Gasteiger partial charge on any atom is 0.417 e. The first-order valence-corrected chi connectivity index (χ1v) is 12.0. The van der Waals surface area contributed by atoms with Crippen LogP contribution >= 0.6 is 0 Å². The van der Waals surface area contributed by atoms with Crippen molar-refractivity contribution in [2.75, 3.05) is 37.6 Å².